The first-order valence-electron chi connectivity index (χ1n) is 10.7. The highest BCUT2D eigenvalue weighted by molar-refractivity contribution is 6.30. The molecule has 1 N–H and O–H groups in total. The quantitative estimate of drug-likeness (QED) is 0.818. The van der Waals surface area contributed by atoms with Gasteiger partial charge in [0.1, 0.15) is 0 Å². The van der Waals surface area contributed by atoms with E-state index in [1.807, 2.05) is 4.90 Å². The minimum absolute atomic E-state index is 0.0329. The topological polar surface area (TPSA) is 69.7 Å². The third kappa shape index (κ3) is 4.92. The lowest BCUT2D eigenvalue weighted by Gasteiger charge is -2.35. The van der Waals surface area contributed by atoms with Crippen LogP contribution in [0.5, 0.6) is 0 Å². The first-order valence-corrected chi connectivity index (χ1v) is 11.0. The second kappa shape index (κ2) is 8.74. The molecule has 1 atom stereocenters. The van der Waals surface area contributed by atoms with Crippen LogP contribution in [0.15, 0.2) is 24.3 Å². The van der Waals surface area contributed by atoms with E-state index in [0.29, 0.717) is 29.6 Å². The van der Waals surface area contributed by atoms with Crippen molar-refractivity contribution in [1.82, 2.24) is 15.1 Å². The third-order valence-corrected chi connectivity index (χ3v) is 6.50. The molecule has 1 saturated carbocycles. The van der Waals surface area contributed by atoms with Gasteiger partial charge in [-0.1, -0.05) is 11.6 Å². The number of nitrogens with one attached hydrogen (secondary N) is 1. The zero-order valence-corrected chi connectivity index (χ0v) is 17.4. The number of carbonyl (C=O) groups excluding carboxylic acids is 3. The van der Waals surface area contributed by atoms with Crippen LogP contribution in [-0.2, 0) is 9.59 Å². The molecule has 0 spiro atoms. The molecule has 1 aromatic rings. The molecule has 1 unspecified atom stereocenters. The average molecular weight is 418 g/mol. The molecule has 0 bridgehead atoms. The monoisotopic (exact) mass is 417 g/mol. The molecule has 2 saturated heterocycles. The van der Waals surface area contributed by atoms with E-state index in [1.54, 1.807) is 29.2 Å². The number of rotatable bonds is 4. The summed E-state index contributed by atoms with van der Waals surface area (Å²) >= 11 is 5.90. The van der Waals surface area contributed by atoms with Gasteiger partial charge in [0, 0.05) is 48.7 Å². The maximum atomic E-state index is 12.8. The van der Waals surface area contributed by atoms with Crippen molar-refractivity contribution in [2.24, 2.45) is 11.8 Å². The lowest BCUT2D eigenvalue weighted by molar-refractivity contribution is -0.133. The number of carbonyl (C=O) groups is 3. The Hall–Kier alpha value is -2.08. The Kier molecular flexibility index (Phi) is 6.09. The fourth-order valence-corrected chi connectivity index (χ4v) is 4.43. The zero-order valence-electron chi connectivity index (χ0n) is 16.6. The van der Waals surface area contributed by atoms with Gasteiger partial charge in [-0.3, -0.25) is 14.4 Å². The molecule has 156 valence electrons. The molecule has 1 aliphatic carbocycles. The Morgan fingerprint density at radius 2 is 1.55 bits per heavy atom. The van der Waals surface area contributed by atoms with Crippen LogP contribution in [0, 0.1) is 11.8 Å². The van der Waals surface area contributed by atoms with Crippen molar-refractivity contribution >= 4 is 29.3 Å². The van der Waals surface area contributed by atoms with E-state index in [9.17, 15) is 14.4 Å². The van der Waals surface area contributed by atoms with Gasteiger partial charge in [0.15, 0.2) is 0 Å². The maximum absolute atomic E-state index is 12.8. The lowest BCUT2D eigenvalue weighted by atomic mass is 9.95. The Bertz CT molecular complexity index is 770. The van der Waals surface area contributed by atoms with Crippen molar-refractivity contribution in [2.45, 2.75) is 44.6 Å². The van der Waals surface area contributed by atoms with Gasteiger partial charge in [0.2, 0.25) is 11.8 Å². The summed E-state index contributed by atoms with van der Waals surface area (Å²) in [5.41, 5.74) is 0.600. The van der Waals surface area contributed by atoms with Crippen LogP contribution < -0.4 is 5.32 Å². The van der Waals surface area contributed by atoms with Crippen LogP contribution in [0.1, 0.15) is 48.9 Å². The SMILES string of the molecule is O=C(NC1CCN(C(=O)C2CC2)CC1)C1CCCN(C(=O)c2ccc(Cl)cc2)C1. The minimum atomic E-state index is -0.175. The van der Waals surface area contributed by atoms with Crippen molar-refractivity contribution in [1.29, 1.82) is 0 Å². The highest BCUT2D eigenvalue weighted by atomic mass is 35.5. The molecular weight excluding hydrogens is 390 g/mol. The fourth-order valence-electron chi connectivity index (χ4n) is 4.30. The second-order valence-electron chi connectivity index (χ2n) is 8.48. The number of hydrogen-bond acceptors (Lipinski definition) is 3. The Morgan fingerprint density at radius 1 is 0.862 bits per heavy atom. The number of benzene rings is 1. The fraction of sp³-hybridized carbons (Fsp3) is 0.591. The summed E-state index contributed by atoms with van der Waals surface area (Å²) in [4.78, 5) is 41.4. The van der Waals surface area contributed by atoms with Gasteiger partial charge in [0.25, 0.3) is 5.91 Å². The summed E-state index contributed by atoms with van der Waals surface area (Å²) in [6.07, 6.45) is 5.31. The van der Waals surface area contributed by atoms with Crippen molar-refractivity contribution in [2.75, 3.05) is 26.2 Å². The Labute approximate surface area is 176 Å². The van der Waals surface area contributed by atoms with Gasteiger partial charge < -0.3 is 15.1 Å². The largest absolute Gasteiger partial charge is 0.353 e. The molecule has 1 aromatic carbocycles. The first-order chi connectivity index (χ1) is 14.0. The number of hydrogen-bond donors (Lipinski definition) is 1. The normalized spacial score (nSPS) is 23.0. The van der Waals surface area contributed by atoms with E-state index >= 15 is 0 Å². The van der Waals surface area contributed by atoms with Gasteiger partial charge in [-0.15, -0.1) is 0 Å². The van der Waals surface area contributed by atoms with Crippen LogP contribution in [-0.4, -0.2) is 59.7 Å². The van der Waals surface area contributed by atoms with E-state index in [1.165, 1.54) is 0 Å². The molecule has 3 fully saturated rings. The Balaban J connectivity index is 1.27. The number of piperidine rings is 2. The number of likely N-dealkylation sites (tertiary alicyclic amines) is 2. The van der Waals surface area contributed by atoms with Crippen LogP contribution in [0.25, 0.3) is 0 Å². The molecule has 29 heavy (non-hydrogen) atoms. The van der Waals surface area contributed by atoms with Crippen molar-refractivity contribution in [3.63, 3.8) is 0 Å². The summed E-state index contributed by atoms with van der Waals surface area (Å²) < 4.78 is 0. The van der Waals surface area contributed by atoms with E-state index in [2.05, 4.69) is 5.32 Å². The number of amides is 3. The van der Waals surface area contributed by atoms with Crippen LogP contribution in [0.3, 0.4) is 0 Å². The molecular formula is C22H28ClN3O3. The lowest BCUT2D eigenvalue weighted by Crippen LogP contribution is -2.51. The summed E-state index contributed by atoms with van der Waals surface area (Å²) in [7, 11) is 0. The van der Waals surface area contributed by atoms with Gasteiger partial charge in [0.05, 0.1) is 5.92 Å². The molecule has 2 heterocycles. The molecule has 4 rings (SSSR count). The predicted octanol–water partition coefficient (Wildman–Crippen LogP) is 2.71. The van der Waals surface area contributed by atoms with Crippen molar-refractivity contribution in [3.05, 3.63) is 34.9 Å². The van der Waals surface area contributed by atoms with E-state index < -0.39 is 0 Å². The molecule has 3 aliphatic rings. The van der Waals surface area contributed by atoms with Crippen LogP contribution in [0.2, 0.25) is 5.02 Å². The molecule has 7 heteroatoms. The Morgan fingerprint density at radius 3 is 2.21 bits per heavy atom. The van der Waals surface area contributed by atoms with Gasteiger partial charge in [-0.05, 0) is 62.8 Å². The predicted molar refractivity (Wildman–Crippen MR) is 111 cm³/mol. The second-order valence-corrected chi connectivity index (χ2v) is 8.92. The van der Waals surface area contributed by atoms with E-state index in [4.69, 9.17) is 11.6 Å². The molecule has 2 aliphatic heterocycles. The summed E-state index contributed by atoms with van der Waals surface area (Å²) in [6, 6.07) is 7.00. The smallest absolute Gasteiger partial charge is 0.253 e. The molecule has 0 radical (unpaired) electrons. The van der Waals surface area contributed by atoms with Gasteiger partial charge in [-0.2, -0.15) is 0 Å². The maximum Gasteiger partial charge on any atom is 0.253 e. The minimum Gasteiger partial charge on any atom is -0.353 e. The van der Waals surface area contributed by atoms with E-state index in [0.717, 1.165) is 51.6 Å². The highest BCUT2D eigenvalue weighted by Gasteiger charge is 2.36. The number of halogens is 1. The average Bonchev–Trinajstić information content (AvgIpc) is 3.59. The van der Waals surface area contributed by atoms with Crippen LogP contribution >= 0.6 is 11.6 Å². The highest BCUT2D eigenvalue weighted by Crippen LogP contribution is 2.32. The summed E-state index contributed by atoms with van der Waals surface area (Å²) in [6.45, 7) is 2.58. The molecule has 3 amide bonds. The van der Waals surface area contributed by atoms with E-state index in [-0.39, 0.29) is 29.7 Å². The van der Waals surface area contributed by atoms with Crippen molar-refractivity contribution in [3.8, 4) is 0 Å². The molecule has 6 nitrogen and oxygen atoms in total. The zero-order chi connectivity index (χ0) is 20.4. The van der Waals surface area contributed by atoms with Gasteiger partial charge in [-0.25, -0.2) is 0 Å². The summed E-state index contributed by atoms with van der Waals surface area (Å²) in [5.74, 6) is 0.355. The summed E-state index contributed by atoms with van der Waals surface area (Å²) in [5, 5.41) is 3.77. The number of nitrogens with zero attached hydrogens (tertiary/aromatic N) is 2. The van der Waals surface area contributed by atoms with Crippen LogP contribution in [0.4, 0.5) is 0 Å². The molecule has 0 aromatic heterocycles. The third-order valence-electron chi connectivity index (χ3n) is 6.25. The van der Waals surface area contributed by atoms with Crippen molar-refractivity contribution < 1.29 is 14.4 Å². The standard InChI is InChI=1S/C22H28ClN3O3/c23-18-7-5-16(6-8-18)22(29)26-11-1-2-17(14-26)20(27)24-19-9-12-25(13-10-19)21(28)15-3-4-15/h5-8,15,17,19H,1-4,9-14H2,(H,24,27). The first kappa shape index (κ1) is 20.2. The van der Waals surface area contributed by atoms with Gasteiger partial charge >= 0.3 is 0 Å².